The van der Waals surface area contributed by atoms with Crippen molar-refractivity contribution in [3.8, 4) is 0 Å². The summed E-state index contributed by atoms with van der Waals surface area (Å²) in [5.74, 6) is 0. The van der Waals surface area contributed by atoms with Crippen molar-refractivity contribution in [2.24, 2.45) is 5.41 Å². The maximum atomic E-state index is 5.87. The van der Waals surface area contributed by atoms with Gasteiger partial charge in [0.25, 0.3) is 0 Å². The van der Waals surface area contributed by atoms with E-state index < -0.39 is 0 Å². The Kier molecular flexibility index (Phi) is 2.84. The number of hydrogen-bond donors (Lipinski definition) is 0. The lowest BCUT2D eigenvalue weighted by Crippen LogP contribution is -2.38. The summed E-state index contributed by atoms with van der Waals surface area (Å²) in [6.07, 6.45) is 8.51. The van der Waals surface area contributed by atoms with Crippen LogP contribution in [0.4, 0.5) is 5.13 Å². The van der Waals surface area contributed by atoms with Crippen LogP contribution < -0.4 is 4.90 Å². The zero-order chi connectivity index (χ0) is 11.0. The Morgan fingerprint density at radius 1 is 1.19 bits per heavy atom. The van der Waals surface area contributed by atoms with Crippen LogP contribution in [-0.2, 0) is 0 Å². The summed E-state index contributed by atoms with van der Waals surface area (Å²) in [5.41, 5.74) is 0.692. The quantitative estimate of drug-likeness (QED) is 0.756. The van der Waals surface area contributed by atoms with Gasteiger partial charge in [0.2, 0.25) is 0 Å². The Hall–Kier alpha value is -0.280. The van der Waals surface area contributed by atoms with Crippen LogP contribution in [0.5, 0.6) is 0 Å². The maximum absolute atomic E-state index is 5.87. The zero-order valence-corrected chi connectivity index (χ0v) is 11.0. The maximum Gasteiger partial charge on any atom is 0.186 e. The standard InChI is InChI=1S/C12H17ClN2S/c13-10-9-16-11(14-10)15-7-5-12(6-8-15)3-1-2-4-12/h9H,1-8H2. The second kappa shape index (κ2) is 4.19. The van der Waals surface area contributed by atoms with Gasteiger partial charge in [-0.1, -0.05) is 24.4 Å². The lowest BCUT2D eigenvalue weighted by molar-refractivity contribution is 0.226. The van der Waals surface area contributed by atoms with Crippen molar-refractivity contribution in [1.82, 2.24) is 4.98 Å². The molecule has 1 aliphatic carbocycles. The molecule has 0 radical (unpaired) electrons. The van der Waals surface area contributed by atoms with E-state index in [1.807, 2.05) is 5.38 Å². The van der Waals surface area contributed by atoms with E-state index in [2.05, 4.69) is 9.88 Å². The largest absolute Gasteiger partial charge is 0.348 e. The molecule has 0 amide bonds. The van der Waals surface area contributed by atoms with Crippen LogP contribution in [-0.4, -0.2) is 18.1 Å². The van der Waals surface area contributed by atoms with Crippen molar-refractivity contribution in [3.05, 3.63) is 10.5 Å². The number of aromatic nitrogens is 1. The SMILES string of the molecule is Clc1csc(N2CCC3(CCCC3)CC2)n1. The van der Waals surface area contributed by atoms with Gasteiger partial charge in [0.1, 0.15) is 5.15 Å². The molecule has 0 aromatic carbocycles. The predicted octanol–water partition coefficient (Wildman–Crippen LogP) is 3.96. The van der Waals surface area contributed by atoms with Gasteiger partial charge in [-0.25, -0.2) is 4.98 Å². The molecule has 1 saturated carbocycles. The Bertz CT molecular complexity index is 361. The number of rotatable bonds is 1. The van der Waals surface area contributed by atoms with E-state index in [1.165, 1.54) is 51.6 Å². The van der Waals surface area contributed by atoms with Crippen LogP contribution in [0, 0.1) is 5.41 Å². The minimum absolute atomic E-state index is 0.640. The summed E-state index contributed by atoms with van der Waals surface area (Å²) >= 11 is 7.54. The lowest BCUT2D eigenvalue weighted by atomic mass is 9.77. The first kappa shape index (κ1) is 10.8. The molecule has 88 valence electrons. The molecular weight excluding hydrogens is 240 g/mol. The molecular formula is C12H17ClN2S. The molecule has 0 unspecified atom stereocenters. The van der Waals surface area contributed by atoms with Crippen LogP contribution in [0.15, 0.2) is 5.38 Å². The van der Waals surface area contributed by atoms with Gasteiger partial charge in [0.15, 0.2) is 5.13 Å². The van der Waals surface area contributed by atoms with E-state index in [0.717, 1.165) is 5.13 Å². The average molecular weight is 257 g/mol. The molecule has 2 aliphatic rings. The molecule has 0 N–H and O–H groups in total. The number of nitrogens with zero attached hydrogens (tertiary/aromatic N) is 2. The first-order valence-electron chi connectivity index (χ1n) is 6.13. The molecule has 2 fully saturated rings. The van der Waals surface area contributed by atoms with Gasteiger partial charge in [0, 0.05) is 18.5 Å². The molecule has 16 heavy (non-hydrogen) atoms. The fraction of sp³-hybridized carbons (Fsp3) is 0.750. The van der Waals surface area contributed by atoms with Crippen molar-refractivity contribution >= 4 is 28.1 Å². The minimum Gasteiger partial charge on any atom is -0.348 e. The Balaban J connectivity index is 1.66. The molecule has 1 saturated heterocycles. The van der Waals surface area contributed by atoms with E-state index >= 15 is 0 Å². The second-order valence-electron chi connectivity index (χ2n) is 5.15. The molecule has 1 aromatic rings. The number of hydrogen-bond acceptors (Lipinski definition) is 3. The van der Waals surface area contributed by atoms with Gasteiger partial charge in [0.05, 0.1) is 0 Å². The molecule has 3 rings (SSSR count). The predicted molar refractivity (Wildman–Crippen MR) is 69.5 cm³/mol. The molecule has 2 heterocycles. The van der Waals surface area contributed by atoms with Gasteiger partial charge < -0.3 is 4.90 Å². The van der Waals surface area contributed by atoms with E-state index in [-0.39, 0.29) is 0 Å². The van der Waals surface area contributed by atoms with E-state index in [1.54, 1.807) is 11.3 Å². The lowest BCUT2D eigenvalue weighted by Gasteiger charge is -2.39. The Labute approximate surface area is 106 Å². The second-order valence-corrected chi connectivity index (χ2v) is 6.37. The van der Waals surface area contributed by atoms with E-state index in [0.29, 0.717) is 10.6 Å². The monoisotopic (exact) mass is 256 g/mol. The highest BCUT2D eigenvalue weighted by Crippen LogP contribution is 2.46. The first-order valence-corrected chi connectivity index (χ1v) is 7.39. The third kappa shape index (κ3) is 1.95. The molecule has 0 atom stereocenters. The Morgan fingerprint density at radius 3 is 2.44 bits per heavy atom. The summed E-state index contributed by atoms with van der Waals surface area (Å²) in [6.45, 7) is 2.34. The highest BCUT2D eigenvalue weighted by molar-refractivity contribution is 7.14. The van der Waals surface area contributed by atoms with Crippen LogP contribution in [0.25, 0.3) is 0 Å². The van der Waals surface area contributed by atoms with Crippen molar-refractivity contribution < 1.29 is 0 Å². The van der Waals surface area contributed by atoms with Crippen LogP contribution in [0.1, 0.15) is 38.5 Å². The topological polar surface area (TPSA) is 16.1 Å². The summed E-state index contributed by atoms with van der Waals surface area (Å²) in [7, 11) is 0. The molecule has 0 bridgehead atoms. The van der Waals surface area contributed by atoms with Gasteiger partial charge in [-0.2, -0.15) is 0 Å². The molecule has 4 heteroatoms. The van der Waals surface area contributed by atoms with Crippen LogP contribution >= 0.6 is 22.9 Å². The molecule has 1 spiro atoms. The summed E-state index contributed by atoms with van der Waals surface area (Å²) in [5, 5.41) is 3.68. The van der Waals surface area contributed by atoms with Gasteiger partial charge in [-0.15, -0.1) is 11.3 Å². The molecule has 2 nitrogen and oxygen atoms in total. The van der Waals surface area contributed by atoms with Crippen molar-refractivity contribution in [2.75, 3.05) is 18.0 Å². The van der Waals surface area contributed by atoms with Crippen molar-refractivity contribution in [2.45, 2.75) is 38.5 Å². The fourth-order valence-electron chi connectivity index (χ4n) is 3.19. The number of piperidine rings is 1. The average Bonchev–Trinajstić information content (AvgIpc) is 2.90. The third-order valence-corrected chi connectivity index (χ3v) is 5.45. The highest BCUT2D eigenvalue weighted by Gasteiger charge is 2.37. The summed E-state index contributed by atoms with van der Waals surface area (Å²) in [4.78, 5) is 6.76. The van der Waals surface area contributed by atoms with Crippen LogP contribution in [0.3, 0.4) is 0 Å². The molecule has 1 aliphatic heterocycles. The van der Waals surface area contributed by atoms with Gasteiger partial charge in [-0.3, -0.25) is 0 Å². The molecule has 1 aromatic heterocycles. The Morgan fingerprint density at radius 2 is 1.88 bits per heavy atom. The smallest absolute Gasteiger partial charge is 0.186 e. The van der Waals surface area contributed by atoms with Crippen molar-refractivity contribution in [1.29, 1.82) is 0 Å². The van der Waals surface area contributed by atoms with Gasteiger partial charge >= 0.3 is 0 Å². The van der Waals surface area contributed by atoms with Crippen LogP contribution in [0.2, 0.25) is 5.15 Å². The van der Waals surface area contributed by atoms with E-state index in [4.69, 9.17) is 11.6 Å². The zero-order valence-electron chi connectivity index (χ0n) is 9.41. The highest BCUT2D eigenvalue weighted by atomic mass is 35.5. The van der Waals surface area contributed by atoms with Gasteiger partial charge in [-0.05, 0) is 31.1 Å². The number of thiazole rings is 1. The summed E-state index contributed by atoms with van der Waals surface area (Å²) in [6, 6.07) is 0. The normalized spacial score (nSPS) is 24.2. The van der Waals surface area contributed by atoms with Crippen molar-refractivity contribution in [3.63, 3.8) is 0 Å². The number of anilines is 1. The third-order valence-electron chi connectivity index (χ3n) is 4.22. The summed E-state index contributed by atoms with van der Waals surface area (Å²) < 4.78 is 0. The number of halogens is 1. The fourth-order valence-corrected chi connectivity index (χ4v) is 4.19. The minimum atomic E-state index is 0.640. The van der Waals surface area contributed by atoms with E-state index in [9.17, 15) is 0 Å². The first-order chi connectivity index (χ1) is 7.77.